The molecule has 0 bridgehead atoms. The van der Waals surface area contributed by atoms with Crippen LogP contribution in [-0.4, -0.2) is 34.8 Å². The molecule has 2 aromatic carbocycles. The van der Waals surface area contributed by atoms with Crippen LogP contribution >= 0.6 is 0 Å². The average molecular weight is 490 g/mol. The molecule has 35 heavy (non-hydrogen) atoms. The molecule has 0 fully saturated rings. The number of nitrogens with two attached hydrogens (primary N) is 1. The van der Waals surface area contributed by atoms with Crippen LogP contribution in [0.15, 0.2) is 54.7 Å². The highest BCUT2D eigenvalue weighted by Gasteiger charge is 2.30. The number of ether oxygens (including phenoxy) is 2. The predicted molar refractivity (Wildman–Crippen MR) is 127 cm³/mol. The Morgan fingerprint density at radius 3 is 2.54 bits per heavy atom. The van der Waals surface area contributed by atoms with Crippen molar-refractivity contribution in [2.45, 2.75) is 51.9 Å². The maximum atomic E-state index is 12.9. The van der Waals surface area contributed by atoms with Crippen molar-refractivity contribution in [1.29, 1.82) is 0 Å². The Bertz CT molecular complexity index is 1110. The van der Waals surface area contributed by atoms with E-state index in [9.17, 15) is 18.0 Å². The lowest BCUT2D eigenvalue weighted by atomic mass is 10.1. The molecule has 0 aliphatic rings. The number of aryl methyl sites for hydroxylation is 1. The van der Waals surface area contributed by atoms with Gasteiger partial charge in [-0.3, -0.25) is 4.79 Å². The Morgan fingerprint density at radius 2 is 1.86 bits per heavy atom. The van der Waals surface area contributed by atoms with Crippen molar-refractivity contribution in [3.8, 4) is 17.1 Å². The van der Waals surface area contributed by atoms with E-state index in [4.69, 9.17) is 15.2 Å². The molecule has 188 valence electrons. The number of alkyl halides is 3. The van der Waals surface area contributed by atoms with Gasteiger partial charge in [0.1, 0.15) is 11.6 Å². The van der Waals surface area contributed by atoms with Gasteiger partial charge in [0.05, 0.1) is 31.7 Å². The van der Waals surface area contributed by atoms with Gasteiger partial charge in [-0.25, -0.2) is 4.98 Å². The van der Waals surface area contributed by atoms with Gasteiger partial charge in [-0.1, -0.05) is 30.3 Å². The SMILES string of the molecule is CCOC(=O)C[C@H](N)CCCOc1ccccc1Cn1c(C)cnc1-c1ccc(C(F)(F)F)cc1. The van der Waals surface area contributed by atoms with Crippen molar-refractivity contribution in [3.05, 3.63) is 71.5 Å². The minimum atomic E-state index is -4.39. The molecule has 9 heteroatoms. The van der Waals surface area contributed by atoms with Crippen LogP contribution < -0.4 is 10.5 Å². The number of aromatic nitrogens is 2. The second-order valence-corrected chi connectivity index (χ2v) is 8.25. The number of carbonyl (C=O) groups excluding carboxylic acids is 1. The fraction of sp³-hybridized carbons (Fsp3) is 0.385. The number of rotatable bonds is 11. The van der Waals surface area contributed by atoms with E-state index >= 15 is 0 Å². The predicted octanol–water partition coefficient (Wildman–Crippen LogP) is 5.37. The highest BCUT2D eigenvalue weighted by Crippen LogP contribution is 2.31. The molecule has 0 aliphatic heterocycles. The summed E-state index contributed by atoms with van der Waals surface area (Å²) in [6.07, 6.45) is -1.21. The van der Waals surface area contributed by atoms with E-state index in [1.165, 1.54) is 12.1 Å². The smallest absolute Gasteiger partial charge is 0.416 e. The number of halogens is 3. The Kier molecular flexibility index (Phi) is 8.92. The van der Waals surface area contributed by atoms with Crippen molar-refractivity contribution >= 4 is 5.97 Å². The molecule has 6 nitrogen and oxygen atoms in total. The number of imidazole rings is 1. The summed E-state index contributed by atoms with van der Waals surface area (Å²) in [4.78, 5) is 16.0. The third-order valence-corrected chi connectivity index (χ3v) is 5.54. The van der Waals surface area contributed by atoms with Crippen LogP contribution in [0, 0.1) is 6.92 Å². The zero-order chi connectivity index (χ0) is 25.4. The molecule has 1 aromatic heterocycles. The number of carbonyl (C=O) groups is 1. The summed E-state index contributed by atoms with van der Waals surface area (Å²) in [5.41, 5.74) is 7.69. The molecule has 0 radical (unpaired) electrons. The monoisotopic (exact) mass is 489 g/mol. The quantitative estimate of drug-likeness (QED) is 0.290. The zero-order valence-corrected chi connectivity index (χ0v) is 19.8. The van der Waals surface area contributed by atoms with Crippen LogP contribution in [0.25, 0.3) is 11.4 Å². The van der Waals surface area contributed by atoms with Crippen LogP contribution in [-0.2, 0) is 22.3 Å². The fourth-order valence-corrected chi connectivity index (χ4v) is 3.71. The number of nitrogens with zero attached hydrogens (tertiary/aromatic N) is 2. The normalized spacial score (nSPS) is 12.4. The second-order valence-electron chi connectivity index (χ2n) is 8.25. The van der Waals surface area contributed by atoms with E-state index in [1.807, 2.05) is 35.8 Å². The minimum absolute atomic E-state index is 0.178. The average Bonchev–Trinajstić information content (AvgIpc) is 3.17. The van der Waals surface area contributed by atoms with E-state index in [0.29, 0.717) is 49.7 Å². The molecule has 1 atom stereocenters. The Labute approximate surface area is 202 Å². The van der Waals surface area contributed by atoms with Gasteiger partial charge in [0.25, 0.3) is 0 Å². The van der Waals surface area contributed by atoms with Crippen LogP contribution in [0.2, 0.25) is 0 Å². The highest BCUT2D eigenvalue weighted by atomic mass is 19.4. The topological polar surface area (TPSA) is 79.4 Å². The molecule has 0 unspecified atom stereocenters. The van der Waals surface area contributed by atoms with Crippen molar-refractivity contribution in [3.63, 3.8) is 0 Å². The van der Waals surface area contributed by atoms with E-state index in [1.54, 1.807) is 13.1 Å². The van der Waals surface area contributed by atoms with Gasteiger partial charge in [0.2, 0.25) is 0 Å². The van der Waals surface area contributed by atoms with Gasteiger partial charge < -0.3 is 19.8 Å². The summed E-state index contributed by atoms with van der Waals surface area (Å²) in [6, 6.07) is 12.3. The van der Waals surface area contributed by atoms with Gasteiger partial charge >= 0.3 is 12.1 Å². The Balaban J connectivity index is 1.66. The largest absolute Gasteiger partial charge is 0.493 e. The van der Waals surface area contributed by atoms with Gasteiger partial charge in [-0.2, -0.15) is 13.2 Å². The molecular formula is C26H30F3N3O3. The minimum Gasteiger partial charge on any atom is -0.493 e. The molecule has 0 aliphatic carbocycles. The number of benzene rings is 2. The lowest BCUT2D eigenvalue weighted by Gasteiger charge is -2.16. The van der Waals surface area contributed by atoms with Gasteiger partial charge in [0.15, 0.2) is 0 Å². The number of esters is 1. The third-order valence-electron chi connectivity index (χ3n) is 5.54. The van der Waals surface area contributed by atoms with Gasteiger partial charge in [-0.15, -0.1) is 0 Å². The zero-order valence-electron chi connectivity index (χ0n) is 19.8. The maximum absolute atomic E-state index is 12.9. The summed E-state index contributed by atoms with van der Waals surface area (Å²) >= 11 is 0. The fourth-order valence-electron chi connectivity index (χ4n) is 3.71. The van der Waals surface area contributed by atoms with Crippen molar-refractivity contribution in [1.82, 2.24) is 9.55 Å². The standard InChI is InChI=1S/C26H30F3N3O3/c1-3-34-24(33)15-22(30)8-6-14-35-23-9-5-4-7-20(23)17-32-18(2)16-31-25(32)19-10-12-21(13-11-19)26(27,28)29/h4-5,7,9-13,16,22H,3,6,8,14-15,17,30H2,1-2H3/t22-/m1/s1. The van der Waals surface area contributed by atoms with Crippen molar-refractivity contribution < 1.29 is 27.4 Å². The molecule has 1 heterocycles. The summed E-state index contributed by atoms with van der Waals surface area (Å²) < 4.78 is 51.7. The van der Waals surface area contributed by atoms with E-state index in [-0.39, 0.29) is 18.4 Å². The van der Waals surface area contributed by atoms with E-state index < -0.39 is 11.7 Å². The Morgan fingerprint density at radius 1 is 1.14 bits per heavy atom. The number of hydrogen-bond acceptors (Lipinski definition) is 5. The molecule has 3 rings (SSSR count). The second kappa shape index (κ2) is 11.9. The number of para-hydroxylation sites is 1. The lowest BCUT2D eigenvalue weighted by Crippen LogP contribution is -2.25. The van der Waals surface area contributed by atoms with Crippen LogP contribution in [0.4, 0.5) is 13.2 Å². The molecule has 0 spiro atoms. The third kappa shape index (κ3) is 7.32. The summed E-state index contributed by atoms with van der Waals surface area (Å²) in [6.45, 7) is 4.87. The summed E-state index contributed by atoms with van der Waals surface area (Å²) in [5.74, 6) is 0.986. The molecule has 3 aromatic rings. The van der Waals surface area contributed by atoms with Crippen molar-refractivity contribution in [2.75, 3.05) is 13.2 Å². The molecule has 0 saturated carbocycles. The van der Waals surface area contributed by atoms with Crippen LogP contribution in [0.5, 0.6) is 5.75 Å². The van der Waals surface area contributed by atoms with Crippen LogP contribution in [0.3, 0.4) is 0 Å². The molecule has 2 N–H and O–H groups in total. The van der Waals surface area contributed by atoms with Gasteiger partial charge in [-0.05, 0) is 44.9 Å². The first kappa shape index (κ1) is 26.3. The first-order valence-electron chi connectivity index (χ1n) is 11.5. The number of hydrogen-bond donors (Lipinski definition) is 1. The molecule has 0 amide bonds. The maximum Gasteiger partial charge on any atom is 0.416 e. The van der Waals surface area contributed by atoms with E-state index in [0.717, 1.165) is 23.4 Å². The van der Waals surface area contributed by atoms with Crippen molar-refractivity contribution in [2.24, 2.45) is 5.73 Å². The van der Waals surface area contributed by atoms with Gasteiger partial charge in [0, 0.05) is 29.1 Å². The molecular weight excluding hydrogens is 459 g/mol. The lowest BCUT2D eigenvalue weighted by molar-refractivity contribution is -0.143. The molecule has 0 saturated heterocycles. The van der Waals surface area contributed by atoms with Crippen LogP contribution in [0.1, 0.15) is 43.0 Å². The van der Waals surface area contributed by atoms with E-state index in [2.05, 4.69) is 4.98 Å². The Hall–Kier alpha value is -3.33. The highest BCUT2D eigenvalue weighted by molar-refractivity contribution is 5.70. The first-order valence-corrected chi connectivity index (χ1v) is 11.5. The summed E-state index contributed by atoms with van der Waals surface area (Å²) in [7, 11) is 0. The summed E-state index contributed by atoms with van der Waals surface area (Å²) in [5, 5.41) is 0. The first-order chi connectivity index (χ1) is 16.7.